The molecule has 0 aliphatic rings. The third kappa shape index (κ3) is 5.28. The van der Waals surface area contributed by atoms with Gasteiger partial charge in [0.05, 0.1) is 6.54 Å². The van der Waals surface area contributed by atoms with Crippen molar-refractivity contribution in [3.63, 3.8) is 0 Å². The molecule has 0 spiro atoms. The van der Waals surface area contributed by atoms with Crippen LogP contribution in [0.3, 0.4) is 0 Å². The molecule has 2 N–H and O–H groups in total. The number of likely N-dealkylation sites (N-methyl/N-ethyl adjacent to an activating group) is 1. The van der Waals surface area contributed by atoms with Gasteiger partial charge < -0.3 is 15.3 Å². The molecular weight excluding hydrogens is 160 g/mol. The zero-order valence-corrected chi connectivity index (χ0v) is 7.07. The van der Waals surface area contributed by atoms with E-state index in [1.54, 1.807) is 14.1 Å². The van der Waals surface area contributed by atoms with Crippen molar-refractivity contribution in [3.05, 3.63) is 12.3 Å². The number of hydrogen-bond acceptors (Lipinski definition) is 3. The smallest absolute Gasteiger partial charge is 0.329 e. The van der Waals surface area contributed by atoms with Crippen LogP contribution in [0.1, 0.15) is 0 Å². The molecule has 0 unspecified atom stereocenters. The molecule has 0 aromatic carbocycles. The van der Waals surface area contributed by atoms with E-state index in [2.05, 4.69) is 5.32 Å². The van der Waals surface area contributed by atoms with E-state index >= 15 is 0 Å². The second kappa shape index (κ2) is 5.17. The van der Waals surface area contributed by atoms with Gasteiger partial charge in [0.25, 0.3) is 0 Å². The number of nitrogens with one attached hydrogen (secondary N) is 1. The first-order valence-corrected chi connectivity index (χ1v) is 3.37. The van der Waals surface area contributed by atoms with Crippen LogP contribution < -0.4 is 5.32 Å². The van der Waals surface area contributed by atoms with E-state index in [4.69, 9.17) is 5.11 Å². The molecule has 0 aliphatic carbocycles. The maximum absolute atomic E-state index is 10.9. The Balaban J connectivity index is 3.57. The number of amides is 1. The van der Waals surface area contributed by atoms with E-state index in [1.807, 2.05) is 0 Å². The fourth-order valence-electron chi connectivity index (χ4n) is 0.435. The lowest BCUT2D eigenvalue weighted by atomic mass is 10.5. The summed E-state index contributed by atoms with van der Waals surface area (Å²) in [6.07, 6.45) is 2.16. The first-order valence-electron chi connectivity index (χ1n) is 3.37. The third-order valence-electron chi connectivity index (χ3n) is 1.10. The Morgan fingerprint density at radius 3 is 2.50 bits per heavy atom. The van der Waals surface area contributed by atoms with Gasteiger partial charge in [0.1, 0.15) is 0 Å². The Morgan fingerprint density at radius 2 is 2.08 bits per heavy atom. The van der Waals surface area contributed by atoms with Gasteiger partial charge in [0.15, 0.2) is 0 Å². The Hall–Kier alpha value is -1.52. The molecule has 1 amide bonds. The third-order valence-corrected chi connectivity index (χ3v) is 1.10. The Kier molecular flexibility index (Phi) is 4.52. The molecule has 0 aromatic heterocycles. The average Bonchev–Trinajstić information content (AvgIpc) is 1.97. The summed E-state index contributed by atoms with van der Waals surface area (Å²) in [5, 5.41) is 10.7. The van der Waals surface area contributed by atoms with Crippen LogP contribution >= 0.6 is 0 Å². The van der Waals surface area contributed by atoms with Crippen LogP contribution in [-0.2, 0) is 9.59 Å². The molecule has 0 rings (SSSR count). The largest absolute Gasteiger partial charge is 0.478 e. The van der Waals surface area contributed by atoms with Crippen molar-refractivity contribution in [3.8, 4) is 0 Å². The van der Waals surface area contributed by atoms with E-state index in [-0.39, 0.29) is 12.5 Å². The molecule has 0 bridgehead atoms. The molecule has 0 saturated carbocycles. The lowest BCUT2D eigenvalue weighted by molar-refractivity contribution is -0.131. The maximum atomic E-state index is 10.9. The van der Waals surface area contributed by atoms with Gasteiger partial charge in [-0.05, 0) is 0 Å². The molecule has 5 nitrogen and oxygen atoms in total. The van der Waals surface area contributed by atoms with Crippen molar-refractivity contribution in [2.45, 2.75) is 0 Å². The molecule has 0 heterocycles. The monoisotopic (exact) mass is 172 g/mol. The molecule has 12 heavy (non-hydrogen) atoms. The van der Waals surface area contributed by atoms with E-state index in [1.165, 1.54) is 11.1 Å². The highest BCUT2D eigenvalue weighted by molar-refractivity contribution is 5.80. The van der Waals surface area contributed by atoms with E-state index in [9.17, 15) is 9.59 Å². The molecule has 0 radical (unpaired) electrons. The first kappa shape index (κ1) is 10.5. The number of aliphatic carboxylic acids is 1. The zero-order valence-electron chi connectivity index (χ0n) is 7.07. The highest BCUT2D eigenvalue weighted by Gasteiger charge is 1.99. The molecule has 0 aliphatic heterocycles. The van der Waals surface area contributed by atoms with Crippen LogP contribution in [0.5, 0.6) is 0 Å². The van der Waals surface area contributed by atoms with Crippen molar-refractivity contribution in [2.24, 2.45) is 0 Å². The van der Waals surface area contributed by atoms with Gasteiger partial charge in [0.2, 0.25) is 5.91 Å². The highest BCUT2D eigenvalue weighted by atomic mass is 16.4. The van der Waals surface area contributed by atoms with Crippen molar-refractivity contribution < 1.29 is 14.7 Å². The Morgan fingerprint density at radius 1 is 1.50 bits per heavy atom. The maximum Gasteiger partial charge on any atom is 0.329 e. The second-order valence-electron chi connectivity index (χ2n) is 2.34. The number of carbonyl (C=O) groups excluding carboxylic acids is 1. The van der Waals surface area contributed by atoms with E-state index in [0.29, 0.717) is 0 Å². The van der Waals surface area contributed by atoms with Crippen molar-refractivity contribution in [1.82, 2.24) is 10.2 Å². The summed E-state index contributed by atoms with van der Waals surface area (Å²) in [5.41, 5.74) is 0. The standard InChI is InChI=1S/C7H12N2O3/c1-9(2)6(10)5-8-4-3-7(11)12/h3-4,8H,5H2,1-2H3,(H,11,12)/b4-3+. The van der Waals surface area contributed by atoms with Crippen LogP contribution in [0.4, 0.5) is 0 Å². The molecule has 5 heteroatoms. The molecule has 0 aromatic rings. The summed E-state index contributed by atoms with van der Waals surface area (Å²) in [5.74, 6) is -1.15. The van der Waals surface area contributed by atoms with Gasteiger partial charge in [0, 0.05) is 26.4 Å². The van der Waals surface area contributed by atoms with Crippen LogP contribution in [0.15, 0.2) is 12.3 Å². The number of carboxylic acids is 1. The summed E-state index contributed by atoms with van der Waals surface area (Å²) < 4.78 is 0. The van der Waals surface area contributed by atoms with Crippen LogP contribution in [0.25, 0.3) is 0 Å². The quantitative estimate of drug-likeness (QED) is 0.548. The summed E-state index contributed by atoms with van der Waals surface area (Å²) in [4.78, 5) is 22.2. The summed E-state index contributed by atoms with van der Waals surface area (Å²) in [7, 11) is 3.26. The summed E-state index contributed by atoms with van der Waals surface area (Å²) in [6.45, 7) is 0.108. The van der Waals surface area contributed by atoms with Gasteiger partial charge in [-0.2, -0.15) is 0 Å². The molecule has 68 valence electrons. The number of rotatable bonds is 4. The van der Waals surface area contributed by atoms with Gasteiger partial charge >= 0.3 is 5.97 Å². The van der Waals surface area contributed by atoms with E-state index < -0.39 is 5.97 Å². The van der Waals surface area contributed by atoms with Crippen molar-refractivity contribution >= 4 is 11.9 Å². The van der Waals surface area contributed by atoms with Gasteiger partial charge in [-0.25, -0.2) is 4.79 Å². The molecule has 0 atom stereocenters. The predicted octanol–water partition coefficient (Wildman–Crippen LogP) is -0.737. The van der Waals surface area contributed by atoms with Crippen molar-refractivity contribution in [2.75, 3.05) is 20.6 Å². The normalized spacial score (nSPS) is 9.83. The van der Waals surface area contributed by atoms with Gasteiger partial charge in [-0.1, -0.05) is 0 Å². The van der Waals surface area contributed by atoms with Gasteiger partial charge in [-0.15, -0.1) is 0 Å². The lowest BCUT2D eigenvalue weighted by Gasteiger charge is -2.08. The fourth-order valence-corrected chi connectivity index (χ4v) is 0.435. The topological polar surface area (TPSA) is 69.6 Å². The summed E-state index contributed by atoms with van der Waals surface area (Å²) in [6, 6.07) is 0. The SMILES string of the molecule is CN(C)C(=O)CN/C=C/C(=O)O. The second-order valence-corrected chi connectivity index (χ2v) is 2.34. The Bertz CT molecular complexity index is 199. The molecule has 0 saturated heterocycles. The van der Waals surface area contributed by atoms with Crippen LogP contribution in [-0.4, -0.2) is 42.5 Å². The minimum absolute atomic E-state index is 0.106. The Labute approximate surface area is 70.7 Å². The van der Waals surface area contributed by atoms with Crippen LogP contribution in [0, 0.1) is 0 Å². The average molecular weight is 172 g/mol. The van der Waals surface area contributed by atoms with Gasteiger partial charge in [-0.3, -0.25) is 4.79 Å². The lowest BCUT2D eigenvalue weighted by Crippen LogP contribution is -2.30. The first-order chi connectivity index (χ1) is 5.54. The number of carbonyl (C=O) groups is 2. The number of nitrogens with zero attached hydrogens (tertiary/aromatic N) is 1. The van der Waals surface area contributed by atoms with Crippen LogP contribution in [0.2, 0.25) is 0 Å². The molecule has 0 fully saturated rings. The van der Waals surface area contributed by atoms with Crippen molar-refractivity contribution in [1.29, 1.82) is 0 Å². The summed E-state index contributed by atoms with van der Waals surface area (Å²) >= 11 is 0. The number of hydrogen-bond donors (Lipinski definition) is 2. The minimum Gasteiger partial charge on any atom is -0.478 e. The van der Waals surface area contributed by atoms with E-state index in [0.717, 1.165) is 6.08 Å². The minimum atomic E-state index is -1.04. The fraction of sp³-hybridized carbons (Fsp3) is 0.429. The predicted molar refractivity (Wildman–Crippen MR) is 43.5 cm³/mol. The molecular formula is C7H12N2O3. The number of carboxylic acid groups (broad SMARTS) is 1. The zero-order chi connectivity index (χ0) is 9.56. The highest BCUT2D eigenvalue weighted by Crippen LogP contribution is 1.75.